The molecule has 1 fully saturated rings. The molecular formula is C28H25N3O5S. The molecular weight excluding hydrogens is 490 g/mol. The zero-order chi connectivity index (χ0) is 26.3. The molecule has 1 N–H and O–H groups in total. The van der Waals surface area contributed by atoms with Crippen LogP contribution in [0.1, 0.15) is 17.2 Å². The number of nitrogens with zero attached hydrogens (tertiary/aromatic N) is 3. The third kappa shape index (κ3) is 4.27. The van der Waals surface area contributed by atoms with Crippen LogP contribution in [0.5, 0.6) is 11.5 Å². The van der Waals surface area contributed by atoms with Gasteiger partial charge in [0.05, 0.1) is 36.1 Å². The number of anilines is 2. The fraction of sp³-hybridized carbons (Fsp3) is 0.179. The Morgan fingerprint density at radius 1 is 0.973 bits per heavy atom. The first-order valence-electron chi connectivity index (χ1n) is 11.5. The minimum atomic E-state index is -0.870. The van der Waals surface area contributed by atoms with Crippen LogP contribution in [-0.2, 0) is 9.59 Å². The number of fused-ring (bicyclic) bond motifs is 1. The van der Waals surface area contributed by atoms with E-state index in [1.54, 1.807) is 37.4 Å². The Kier molecular flexibility index (Phi) is 6.31. The Morgan fingerprint density at radius 2 is 1.68 bits per heavy atom. The van der Waals surface area contributed by atoms with E-state index in [9.17, 15) is 14.7 Å². The average molecular weight is 516 g/mol. The van der Waals surface area contributed by atoms with Crippen LogP contribution < -0.4 is 19.3 Å². The van der Waals surface area contributed by atoms with E-state index in [4.69, 9.17) is 9.47 Å². The fourth-order valence-corrected chi connectivity index (χ4v) is 5.37. The number of aliphatic hydroxyl groups is 1. The van der Waals surface area contributed by atoms with E-state index in [1.807, 2.05) is 55.4 Å². The lowest BCUT2D eigenvalue weighted by Crippen LogP contribution is -2.29. The van der Waals surface area contributed by atoms with Crippen molar-refractivity contribution in [2.45, 2.75) is 6.04 Å². The van der Waals surface area contributed by atoms with Crippen LogP contribution in [0.4, 0.5) is 10.8 Å². The summed E-state index contributed by atoms with van der Waals surface area (Å²) < 4.78 is 11.4. The van der Waals surface area contributed by atoms with Crippen LogP contribution in [0, 0.1) is 0 Å². The number of ether oxygens (including phenoxy) is 2. The lowest BCUT2D eigenvalue weighted by Gasteiger charge is -2.23. The highest BCUT2D eigenvalue weighted by Crippen LogP contribution is 2.45. The van der Waals surface area contributed by atoms with Crippen LogP contribution >= 0.6 is 11.3 Å². The number of hydrogen-bond acceptors (Lipinski definition) is 8. The number of thiazole rings is 1. The molecule has 9 heteroatoms. The van der Waals surface area contributed by atoms with E-state index < -0.39 is 17.7 Å². The lowest BCUT2D eigenvalue weighted by molar-refractivity contribution is -0.132. The second-order valence-electron chi connectivity index (χ2n) is 8.72. The van der Waals surface area contributed by atoms with Gasteiger partial charge in [-0.2, -0.15) is 0 Å². The maximum Gasteiger partial charge on any atom is 0.301 e. The molecule has 4 aromatic rings. The molecule has 0 saturated carbocycles. The van der Waals surface area contributed by atoms with E-state index in [-0.39, 0.29) is 11.3 Å². The van der Waals surface area contributed by atoms with Crippen LogP contribution in [0.2, 0.25) is 0 Å². The van der Waals surface area contributed by atoms with Gasteiger partial charge in [-0.1, -0.05) is 35.6 Å². The second kappa shape index (κ2) is 9.59. The Hall–Kier alpha value is -4.37. The number of methoxy groups -OCH3 is 2. The summed E-state index contributed by atoms with van der Waals surface area (Å²) in [6.07, 6.45) is 0. The van der Waals surface area contributed by atoms with E-state index >= 15 is 0 Å². The Balaban J connectivity index is 1.71. The number of rotatable bonds is 6. The van der Waals surface area contributed by atoms with Gasteiger partial charge in [0.1, 0.15) is 17.3 Å². The molecule has 1 amide bonds. The molecule has 1 saturated heterocycles. The van der Waals surface area contributed by atoms with Gasteiger partial charge in [-0.3, -0.25) is 14.5 Å². The number of hydrogen-bond donors (Lipinski definition) is 1. The largest absolute Gasteiger partial charge is 0.507 e. The number of carbonyl (C=O) groups excluding carboxylic acids is 2. The monoisotopic (exact) mass is 515 g/mol. The molecule has 0 aliphatic carbocycles. The number of aromatic nitrogens is 1. The van der Waals surface area contributed by atoms with Crippen LogP contribution in [0.3, 0.4) is 0 Å². The summed E-state index contributed by atoms with van der Waals surface area (Å²) in [7, 11) is 6.96. The topological polar surface area (TPSA) is 92.2 Å². The van der Waals surface area contributed by atoms with Gasteiger partial charge >= 0.3 is 5.91 Å². The third-order valence-corrected chi connectivity index (χ3v) is 7.32. The zero-order valence-corrected chi connectivity index (χ0v) is 21.6. The number of aliphatic hydroxyl groups excluding tert-OH is 1. The molecule has 2 heterocycles. The van der Waals surface area contributed by atoms with Crippen molar-refractivity contribution in [1.82, 2.24) is 4.98 Å². The molecule has 3 aromatic carbocycles. The SMILES string of the molecule is COc1cccc(/C(O)=C2\C(=O)C(=O)N(c3nc4ccc(OC)cc4s3)C2c2ccc(N(C)C)cc2)c1. The number of benzene rings is 3. The third-order valence-electron chi connectivity index (χ3n) is 6.30. The highest BCUT2D eigenvalue weighted by atomic mass is 32.1. The molecule has 1 aliphatic rings. The van der Waals surface area contributed by atoms with E-state index in [2.05, 4.69) is 4.98 Å². The van der Waals surface area contributed by atoms with Gasteiger partial charge < -0.3 is 19.5 Å². The molecule has 0 bridgehead atoms. The Labute approximate surface area is 218 Å². The molecule has 1 unspecified atom stereocenters. The highest BCUT2D eigenvalue weighted by Gasteiger charge is 2.48. The average Bonchev–Trinajstić information content (AvgIpc) is 3.45. The van der Waals surface area contributed by atoms with Gasteiger partial charge in [0.25, 0.3) is 5.78 Å². The van der Waals surface area contributed by atoms with Crippen molar-refractivity contribution in [2.24, 2.45) is 0 Å². The molecule has 8 nitrogen and oxygen atoms in total. The van der Waals surface area contributed by atoms with Crippen molar-refractivity contribution in [3.05, 3.63) is 83.4 Å². The predicted octanol–water partition coefficient (Wildman–Crippen LogP) is 5.01. The smallest absolute Gasteiger partial charge is 0.301 e. The maximum atomic E-state index is 13.5. The van der Waals surface area contributed by atoms with Gasteiger partial charge in [0.2, 0.25) is 0 Å². The summed E-state index contributed by atoms with van der Waals surface area (Å²) in [6, 6.07) is 18.8. The second-order valence-corrected chi connectivity index (χ2v) is 9.73. The number of amides is 1. The molecule has 5 rings (SSSR count). The summed E-state index contributed by atoms with van der Waals surface area (Å²) >= 11 is 1.28. The van der Waals surface area contributed by atoms with Crippen LogP contribution in [0.25, 0.3) is 16.0 Å². The number of ketones is 1. The number of Topliss-reactive ketones (excluding diaryl/α,β-unsaturated/α-hetero) is 1. The summed E-state index contributed by atoms with van der Waals surface area (Å²) in [6.45, 7) is 0. The van der Waals surface area contributed by atoms with Gasteiger partial charge in [-0.05, 0) is 48.0 Å². The first-order valence-corrected chi connectivity index (χ1v) is 12.3. The minimum Gasteiger partial charge on any atom is -0.507 e. The predicted molar refractivity (Wildman–Crippen MR) is 145 cm³/mol. The van der Waals surface area contributed by atoms with E-state index in [0.717, 1.165) is 10.4 Å². The molecule has 1 aromatic heterocycles. The first-order chi connectivity index (χ1) is 17.8. The first kappa shape index (κ1) is 24.3. The normalized spacial score (nSPS) is 16.9. The van der Waals surface area contributed by atoms with E-state index in [0.29, 0.717) is 33.3 Å². The molecule has 1 aliphatic heterocycles. The molecule has 0 radical (unpaired) electrons. The zero-order valence-electron chi connectivity index (χ0n) is 20.8. The summed E-state index contributed by atoms with van der Waals surface area (Å²) in [5.74, 6) is -0.621. The van der Waals surface area contributed by atoms with Gasteiger partial charge in [-0.15, -0.1) is 0 Å². The standard InChI is InChI=1S/C28H25N3O5S/c1-30(2)18-10-8-16(9-11-18)24-23(25(32)17-6-5-7-19(14-17)35-3)26(33)27(34)31(24)28-29-21-13-12-20(36-4)15-22(21)37-28/h5-15,24,32H,1-4H3/b25-23+. The Bertz CT molecular complexity index is 1540. The van der Waals surface area contributed by atoms with Crippen molar-refractivity contribution in [3.63, 3.8) is 0 Å². The molecule has 1 atom stereocenters. The quantitative estimate of drug-likeness (QED) is 0.219. The van der Waals surface area contributed by atoms with Crippen molar-refractivity contribution >= 4 is 49.8 Å². The van der Waals surface area contributed by atoms with Gasteiger partial charge in [0, 0.05) is 25.3 Å². The van der Waals surface area contributed by atoms with Crippen LogP contribution in [0.15, 0.2) is 72.3 Å². The summed E-state index contributed by atoms with van der Waals surface area (Å²) in [4.78, 5) is 34.9. The van der Waals surface area contributed by atoms with Crippen LogP contribution in [-0.4, -0.2) is 50.1 Å². The molecule has 37 heavy (non-hydrogen) atoms. The van der Waals surface area contributed by atoms with Crippen molar-refractivity contribution in [2.75, 3.05) is 38.1 Å². The van der Waals surface area contributed by atoms with Crippen molar-refractivity contribution < 1.29 is 24.2 Å². The summed E-state index contributed by atoms with van der Waals surface area (Å²) in [5, 5.41) is 11.7. The van der Waals surface area contributed by atoms with E-state index in [1.165, 1.54) is 23.3 Å². The van der Waals surface area contributed by atoms with Crippen molar-refractivity contribution in [3.8, 4) is 11.5 Å². The minimum absolute atomic E-state index is 0.00677. The molecule has 0 spiro atoms. The highest BCUT2D eigenvalue weighted by molar-refractivity contribution is 7.22. The van der Waals surface area contributed by atoms with Gasteiger partial charge in [-0.25, -0.2) is 4.98 Å². The lowest BCUT2D eigenvalue weighted by atomic mass is 9.95. The van der Waals surface area contributed by atoms with Gasteiger partial charge in [0.15, 0.2) is 5.13 Å². The fourth-order valence-electron chi connectivity index (χ4n) is 4.35. The molecule has 188 valence electrons. The van der Waals surface area contributed by atoms with Crippen molar-refractivity contribution in [1.29, 1.82) is 0 Å². The maximum absolute atomic E-state index is 13.5. The summed E-state index contributed by atoms with van der Waals surface area (Å²) in [5.41, 5.74) is 2.68. The Morgan fingerprint density at radius 3 is 2.35 bits per heavy atom. The number of carbonyl (C=O) groups is 2.